The number of hydrogen-bond acceptors (Lipinski definition) is 2. The van der Waals surface area contributed by atoms with Gasteiger partial charge in [-0.1, -0.05) is 59.5 Å². The van der Waals surface area contributed by atoms with Crippen molar-refractivity contribution in [1.82, 2.24) is 0 Å². The minimum absolute atomic E-state index is 0.0428. The van der Waals surface area contributed by atoms with Crippen LogP contribution in [0.4, 0.5) is 0 Å². The summed E-state index contributed by atoms with van der Waals surface area (Å²) in [6, 6.07) is 10.0. The van der Waals surface area contributed by atoms with Crippen molar-refractivity contribution in [3.8, 4) is 6.07 Å². The van der Waals surface area contributed by atoms with E-state index in [1.807, 2.05) is 24.3 Å². The number of rotatable bonds is 0. The molecule has 0 bridgehead atoms. The van der Waals surface area contributed by atoms with Crippen molar-refractivity contribution in [3.05, 3.63) is 35.4 Å². The molecule has 1 aromatic rings. The van der Waals surface area contributed by atoms with Crippen LogP contribution in [0.1, 0.15) is 48.0 Å². The molecular weight excluding hydrogens is 302 g/mol. The Balaban J connectivity index is 2.17. The second-order valence-corrected chi connectivity index (χ2v) is 6.96. The van der Waals surface area contributed by atoms with Crippen molar-refractivity contribution in [1.29, 1.82) is 5.26 Å². The average molecular weight is 318 g/mol. The van der Waals surface area contributed by atoms with E-state index in [-0.39, 0.29) is 11.2 Å². The second-order valence-electron chi connectivity index (χ2n) is 5.77. The molecule has 19 heavy (non-hydrogen) atoms. The van der Waals surface area contributed by atoms with Gasteiger partial charge in [0.1, 0.15) is 0 Å². The van der Waals surface area contributed by atoms with Crippen molar-refractivity contribution in [2.24, 2.45) is 5.41 Å². The van der Waals surface area contributed by atoms with Crippen LogP contribution in [0.2, 0.25) is 0 Å². The van der Waals surface area contributed by atoms with Gasteiger partial charge in [0.05, 0.1) is 6.07 Å². The van der Waals surface area contributed by atoms with Gasteiger partial charge in [-0.25, -0.2) is 0 Å². The molecule has 0 heterocycles. The van der Waals surface area contributed by atoms with E-state index in [0.29, 0.717) is 0 Å². The predicted octanol–water partition coefficient (Wildman–Crippen LogP) is 4.03. The molecule has 0 aromatic heterocycles. The number of benzene rings is 1. The topological polar surface area (TPSA) is 40.9 Å². The van der Waals surface area contributed by atoms with Crippen molar-refractivity contribution >= 4 is 21.7 Å². The van der Waals surface area contributed by atoms with Crippen molar-refractivity contribution in [2.45, 2.75) is 42.8 Å². The molecular formula is C16H16BrNO. The maximum atomic E-state index is 12.8. The molecule has 0 amide bonds. The molecule has 2 aliphatic carbocycles. The summed E-state index contributed by atoms with van der Waals surface area (Å²) in [6.07, 6.45) is 6.21. The van der Waals surface area contributed by atoms with Gasteiger partial charge in [0.25, 0.3) is 0 Å². The van der Waals surface area contributed by atoms with E-state index in [2.05, 4.69) is 22.0 Å². The summed E-state index contributed by atoms with van der Waals surface area (Å²) in [7, 11) is 0. The summed E-state index contributed by atoms with van der Waals surface area (Å²) in [5.41, 5.74) is 1.61. The first-order chi connectivity index (χ1) is 9.13. The number of alkyl halides is 1. The highest BCUT2D eigenvalue weighted by molar-refractivity contribution is 9.10. The number of carbonyl (C=O) groups is 1. The zero-order valence-corrected chi connectivity index (χ0v) is 12.4. The van der Waals surface area contributed by atoms with Gasteiger partial charge >= 0.3 is 0 Å². The van der Waals surface area contributed by atoms with Crippen LogP contribution in [-0.4, -0.2) is 10.1 Å². The average Bonchev–Trinajstić information content (AvgIpc) is 2.46. The lowest BCUT2D eigenvalue weighted by atomic mass is 9.58. The monoisotopic (exact) mass is 317 g/mol. The molecule has 2 aliphatic rings. The third-order valence-corrected chi connectivity index (χ3v) is 6.18. The molecule has 0 radical (unpaired) electrons. The van der Waals surface area contributed by atoms with Crippen LogP contribution in [0.3, 0.4) is 0 Å². The Hall–Kier alpha value is -1.14. The third-order valence-electron chi connectivity index (χ3n) is 4.80. The Bertz CT molecular complexity index is 568. The molecule has 98 valence electrons. The number of fused-ring (bicyclic) bond motifs is 1. The Morgan fingerprint density at radius 1 is 1.16 bits per heavy atom. The molecule has 2 nitrogen and oxygen atoms in total. The first-order valence-electron chi connectivity index (χ1n) is 6.86. The van der Waals surface area contributed by atoms with Crippen molar-refractivity contribution < 1.29 is 4.79 Å². The Kier molecular flexibility index (Phi) is 3.02. The lowest BCUT2D eigenvalue weighted by Crippen LogP contribution is -2.54. The van der Waals surface area contributed by atoms with E-state index in [1.54, 1.807) is 0 Å². The Morgan fingerprint density at radius 2 is 1.84 bits per heavy atom. The highest BCUT2D eigenvalue weighted by Crippen LogP contribution is 2.55. The number of ketones is 1. The fourth-order valence-electron chi connectivity index (χ4n) is 3.73. The summed E-state index contributed by atoms with van der Waals surface area (Å²) in [5.74, 6) is -0.0428. The Morgan fingerprint density at radius 3 is 2.53 bits per heavy atom. The first-order valence-corrected chi connectivity index (χ1v) is 7.65. The lowest BCUT2D eigenvalue weighted by molar-refractivity contribution is 0.0767. The SMILES string of the molecule is N#CC1(Br)C(=O)c2ccccc2CC12CCCCC2. The van der Waals surface area contributed by atoms with E-state index >= 15 is 0 Å². The zero-order valence-electron chi connectivity index (χ0n) is 10.8. The van der Waals surface area contributed by atoms with Crippen LogP contribution >= 0.6 is 15.9 Å². The summed E-state index contributed by atoms with van der Waals surface area (Å²) >= 11 is 3.54. The highest BCUT2D eigenvalue weighted by atomic mass is 79.9. The standard InChI is InChI=1S/C16H16BrNO/c17-16(11-18)14(19)13-7-3-2-6-12(13)10-15(16)8-4-1-5-9-15/h2-3,6-7H,1,4-5,8-10H2. The second kappa shape index (κ2) is 4.45. The van der Waals surface area contributed by atoms with Gasteiger partial charge in [0.2, 0.25) is 0 Å². The normalized spacial score (nSPS) is 28.7. The molecule has 3 heteroatoms. The van der Waals surface area contributed by atoms with E-state index in [0.717, 1.165) is 43.2 Å². The van der Waals surface area contributed by atoms with E-state index < -0.39 is 4.32 Å². The summed E-state index contributed by atoms with van der Waals surface area (Å²) in [6.45, 7) is 0. The smallest absolute Gasteiger partial charge is 0.194 e. The van der Waals surface area contributed by atoms with E-state index in [1.165, 1.54) is 6.42 Å². The van der Waals surface area contributed by atoms with E-state index in [9.17, 15) is 10.1 Å². The largest absolute Gasteiger partial charge is 0.291 e. The fourth-order valence-corrected chi connectivity index (χ4v) is 4.48. The molecule has 1 aromatic carbocycles. The molecule has 1 atom stereocenters. The van der Waals surface area contributed by atoms with Crippen molar-refractivity contribution in [2.75, 3.05) is 0 Å². The minimum Gasteiger partial charge on any atom is -0.291 e. The zero-order chi connectivity index (χ0) is 13.5. The number of carbonyl (C=O) groups excluding carboxylic acids is 1. The van der Waals surface area contributed by atoms with Crippen LogP contribution in [0.5, 0.6) is 0 Å². The number of nitriles is 1. The number of halogens is 1. The van der Waals surface area contributed by atoms with Gasteiger partial charge < -0.3 is 0 Å². The predicted molar refractivity (Wildman–Crippen MR) is 77.3 cm³/mol. The van der Waals surface area contributed by atoms with Crippen LogP contribution in [0, 0.1) is 16.7 Å². The molecule has 3 rings (SSSR count). The highest BCUT2D eigenvalue weighted by Gasteiger charge is 2.58. The lowest BCUT2D eigenvalue weighted by Gasteiger charge is -2.48. The van der Waals surface area contributed by atoms with Crippen LogP contribution in [0.25, 0.3) is 0 Å². The van der Waals surface area contributed by atoms with Gasteiger partial charge in [-0.3, -0.25) is 4.79 Å². The summed E-state index contributed by atoms with van der Waals surface area (Å²) < 4.78 is -1.03. The number of hydrogen-bond donors (Lipinski definition) is 0. The number of Topliss-reactive ketones (excluding diaryl/α,β-unsaturated/α-hetero) is 1. The summed E-state index contributed by atoms with van der Waals surface area (Å²) in [4.78, 5) is 12.8. The van der Waals surface area contributed by atoms with Crippen LogP contribution in [-0.2, 0) is 6.42 Å². The molecule has 1 unspecified atom stereocenters. The third kappa shape index (κ3) is 1.70. The van der Waals surface area contributed by atoms with Gasteiger partial charge in [-0.2, -0.15) is 5.26 Å². The number of nitrogens with zero attached hydrogens (tertiary/aromatic N) is 1. The van der Waals surface area contributed by atoms with Gasteiger partial charge in [-0.15, -0.1) is 0 Å². The van der Waals surface area contributed by atoms with Crippen molar-refractivity contribution in [3.63, 3.8) is 0 Å². The fraction of sp³-hybridized carbons (Fsp3) is 0.500. The molecule has 1 saturated carbocycles. The minimum atomic E-state index is -1.03. The molecule has 0 aliphatic heterocycles. The first kappa shape index (κ1) is 12.9. The maximum Gasteiger partial charge on any atom is 0.194 e. The summed E-state index contributed by atoms with van der Waals surface area (Å²) in [5, 5.41) is 9.65. The van der Waals surface area contributed by atoms with Crippen LogP contribution in [0.15, 0.2) is 24.3 Å². The van der Waals surface area contributed by atoms with Gasteiger partial charge in [0, 0.05) is 11.0 Å². The Labute approximate surface area is 121 Å². The maximum absolute atomic E-state index is 12.8. The molecule has 0 saturated heterocycles. The van der Waals surface area contributed by atoms with Crippen LogP contribution < -0.4 is 0 Å². The van der Waals surface area contributed by atoms with E-state index in [4.69, 9.17) is 0 Å². The molecule has 1 fully saturated rings. The van der Waals surface area contributed by atoms with Gasteiger partial charge in [-0.05, 0) is 24.8 Å². The molecule has 1 spiro atoms. The van der Waals surface area contributed by atoms with Gasteiger partial charge in [0.15, 0.2) is 10.1 Å². The molecule has 0 N–H and O–H groups in total. The quantitative estimate of drug-likeness (QED) is 0.678.